The minimum absolute atomic E-state index is 0.0178. The lowest BCUT2D eigenvalue weighted by Crippen LogP contribution is -2.53. The van der Waals surface area contributed by atoms with Gasteiger partial charge in [-0.25, -0.2) is 4.39 Å². The maximum absolute atomic E-state index is 13.9. The van der Waals surface area contributed by atoms with Crippen LogP contribution in [-0.4, -0.2) is 42.0 Å². The molecule has 7 nitrogen and oxygen atoms in total. The topological polar surface area (TPSA) is 77.1 Å². The van der Waals surface area contributed by atoms with Crippen molar-refractivity contribution in [1.82, 2.24) is 4.90 Å². The minimum atomic E-state index is -1.04. The fraction of sp³-hybridized carbons (Fsp3) is 0.263. The summed E-state index contributed by atoms with van der Waals surface area (Å²) in [5.41, 5.74) is 1.70. The molecule has 0 saturated carbocycles. The second kappa shape index (κ2) is 13.9. The first kappa shape index (κ1) is 30.9. The van der Waals surface area contributed by atoms with Crippen molar-refractivity contribution < 1.29 is 28.2 Å². The van der Waals surface area contributed by atoms with Crippen molar-refractivity contribution in [2.24, 2.45) is 5.92 Å². The minimum Gasteiger partial charge on any atom is -0.486 e. The molecule has 1 N–H and O–H groups in total. The zero-order valence-corrected chi connectivity index (χ0v) is 25.8. The van der Waals surface area contributed by atoms with Crippen LogP contribution in [0.2, 0.25) is 0 Å². The first-order valence-electron chi connectivity index (χ1n) is 15.6. The van der Waals surface area contributed by atoms with Gasteiger partial charge in [0.05, 0.1) is 0 Å². The molecule has 0 radical (unpaired) electrons. The van der Waals surface area contributed by atoms with Crippen molar-refractivity contribution in [2.75, 3.05) is 25.1 Å². The molecule has 0 bridgehead atoms. The van der Waals surface area contributed by atoms with Crippen LogP contribution in [0.4, 0.5) is 10.1 Å². The molecule has 2 aliphatic rings. The number of carbonyl (C=O) groups is 2. The largest absolute Gasteiger partial charge is 0.486 e. The monoisotopic (exact) mass is 620 g/mol. The number of hydrogen-bond donors (Lipinski definition) is 1. The van der Waals surface area contributed by atoms with Gasteiger partial charge in [0.1, 0.15) is 36.1 Å². The highest BCUT2D eigenvalue weighted by Gasteiger charge is 2.48. The number of fused-ring (bicyclic) bond motifs is 1. The number of anilines is 1. The fourth-order valence-corrected chi connectivity index (χ4v) is 5.99. The number of halogens is 1. The molecule has 1 saturated heterocycles. The lowest BCUT2D eigenvalue weighted by atomic mass is 9.92. The van der Waals surface area contributed by atoms with Gasteiger partial charge in [-0.15, -0.1) is 0 Å². The number of rotatable bonds is 10. The van der Waals surface area contributed by atoms with Gasteiger partial charge in [-0.1, -0.05) is 48.6 Å². The summed E-state index contributed by atoms with van der Waals surface area (Å²) in [6.45, 7) is 3.38. The van der Waals surface area contributed by atoms with Gasteiger partial charge in [0.25, 0.3) is 0 Å². The summed E-state index contributed by atoms with van der Waals surface area (Å²) in [7, 11) is 0. The van der Waals surface area contributed by atoms with Crippen molar-refractivity contribution in [3.8, 4) is 23.0 Å². The van der Waals surface area contributed by atoms with Crippen molar-refractivity contribution in [3.05, 3.63) is 120 Å². The normalized spacial score (nSPS) is 18.8. The molecule has 6 rings (SSSR count). The Kier molecular flexibility index (Phi) is 9.33. The number of aryl methyl sites for hydroxylation is 1. The van der Waals surface area contributed by atoms with Crippen LogP contribution >= 0.6 is 0 Å². The first-order valence-corrected chi connectivity index (χ1v) is 15.6. The molecule has 236 valence electrons. The van der Waals surface area contributed by atoms with Crippen LogP contribution in [0.1, 0.15) is 37.3 Å². The summed E-state index contributed by atoms with van der Waals surface area (Å²) in [6.07, 6.45) is 6.34. The molecule has 0 aliphatic carbocycles. The van der Waals surface area contributed by atoms with E-state index in [2.05, 4.69) is 17.5 Å². The zero-order valence-electron chi connectivity index (χ0n) is 25.8. The number of amides is 2. The highest BCUT2D eigenvalue weighted by atomic mass is 19.1. The van der Waals surface area contributed by atoms with Crippen molar-refractivity contribution >= 4 is 23.6 Å². The Morgan fingerprint density at radius 1 is 0.935 bits per heavy atom. The average molecular weight is 621 g/mol. The van der Waals surface area contributed by atoms with E-state index < -0.39 is 5.54 Å². The van der Waals surface area contributed by atoms with Crippen LogP contribution in [0.15, 0.2) is 103 Å². The fourth-order valence-electron chi connectivity index (χ4n) is 5.99. The lowest BCUT2D eigenvalue weighted by molar-refractivity contribution is -0.141. The highest BCUT2D eigenvalue weighted by molar-refractivity contribution is 6.00. The molecule has 2 atom stereocenters. The molecule has 2 aliphatic heterocycles. The lowest BCUT2D eigenvalue weighted by Gasteiger charge is -2.34. The highest BCUT2D eigenvalue weighted by Crippen LogP contribution is 2.37. The predicted molar refractivity (Wildman–Crippen MR) is 176 cm³/mol. The number of nitrogens with zero attached hydrogens (tertiary/aromatic N) is 1. The SMILES string of the molecule is CC1(C(=O)Nc2ccc(Oc3ccc(F)cc3)cc2)CC(/C=C/c2ccccc2)CN1C(=O)CCCc1ccc2c(c1)OCCO2. The Hall–Kier alpha value is -5.11. The number of hydrogen-bond acceptors (Lipinski definition) is 5. The first-order chi connectivity index (χ1) is 22.4. The van der Waals surface area contributed by atoms with Crippen LogP contribution in [0.25, 0.3) is 6.08 Å². The standard InChI is InChI=1S/C38H37FN2O5/c1-38(37(43)40-31-15-19-33(20-16-31)46-32-17-13-30(39)14-18-32)25-29(11-10-27-6-3-2-4-7-27)26-41(38)36(42)9-5-8-28-12-21-34-35(24-28)45-23-22-44-34/h2-4,6-7,10-21,24,29H,5,8-9,22-23,25-26H2,1H3,(H,40,43)/b11-10+. The van der Waals surface area contributed by atoms with E-state index in [1.54, 1.807) is 41.3 Å². The molecular formula is C38H37FN2O5. The van der Waals surface area contributed by atoms with Gasteiger partial charge in [0, 0.05) is 18.7 Å². The summed E-state index contributed by atoms with van der Waals surface area (Å²) in [6, 6.07) is 28.7. The molecule has 0 spiro atoms. The summed E-state index contributed by atoms with van der Waals surface area (Å²) in [5, 5.41) is 3.03. The second-order valence-corrected chi connectivity index (χ2v) is 11.9. The molecule has 0 aromatic heterocycles. The van der Waals surface area contributed by atoms with E-state index in [4.69, 9.17) is 14.2 Å². The summed E-state index contributed by atoms with van der Waals surface area (Å²) in [5.74, 6) is 1.94. The molecule has 2 unspecified atom stereocenters. The average Bonchev–Trinajstić information content (AvgIpc) is 3.43. The Bertz CT molecular complexity index is 1690. The molecule has 1 fully saturated rings. The van der Waals surface area contributed by atoms with Gasteiger partial charge in [0.15, 0.2) is 11.5 Å². The number of ether oxygens (including phenoxy) is 3. The number of benzene rings is 4. The molecule has 2 heterocycles. The Balaban J connectivity index is 1.13. The van der Waals surface area contributed by atoms with E-state index in [0.29, 0.717) is 62.6 Å². The van der Waals surface area contributed by atoms with Crippen LogP contribution < -0.4 is 19.5 Å². The third-order valence-electron chi connectivity index (χ3n) is 8.45. The van der Waals surface area contributed by atoms with Gasteiger partial charge in [-0.2, -0.15) is 0 Å². The van der Waals surface area contributed by atoms with Crippen LogP contribution in [0.3, 0.4) is 0 Å². The van der Waals surface area contributed by atoms with E-state index in [1.165, 1.54) is 12.1 Å². The summed E-state index contributed by atoms with van der Waals surface area (Å²) in [4.78, 5) is 29.4. The van der Waals surface area contributed by atoms with Gasteiger partial charge in [-0.05, 0) is 104 Å². The van der Waals surface area contributed by atoms with E-state index in [9.17, 15) is 14.0 Å². The summed E-state index contributed by atoms with van der Waals surface area (Å²) < 4.78 is 30.3. The zero-order chi connectivity index (χ0) is 31.9. The third-order valence-corrected chi connectivity index (χ3v) is 8.45. The quantitative estimate of drug-likeness (QED) is 0.197. The van der Waals surface area contributed by atoms with Crippen molar-refractivity contribution in [1.29, 1.82) is 0 Å². The maximum Gasteiger partial charge on any atom is 0.250 e. The van der Waals surface area contributed by atoms with Crippen LogP contribution in [-0.2, 0) is 16.0 Å². The van der Waals surface area contributed by atoms with Crippen LogP contribution in [0, 0.1) is 11.7 Å². The summed E-state index contributed by atoms with van der Waals surface area (Å²) >= 11 is 0. The molecule has 4 aromatic rings. The molecule has 2 amide bonds. The Morgan fingerprint density at radius 2 is 1.63 bits per heavy atom. The van der Waals surface area contributed by atoms with Crippen molar-refractivity contribution in [2.45, 2.75) is 38.1 Å². The number of carbonyl (C=O) groups excluding carboxylic acids is 2. The third kappa shape index (κ3) is 7.40. The molecule has 8 heteroatoms. The second-order valence-electron chi connectivity index (χ2n) is 11.9. The molecule has 4 aromatic carbocycles. The maximum atomic E-state index is 13.9. The molecule has 46 heavy (non-hydrogen) atoms. The van der Waals surface area contributed by atoms with E-state index >= 15 is 0 Å². The van der Waals surface area contributed by atoms with E-state index in [-0.39, 0.29) is 23.5 Å². The molecular weight excluding hydrogens is 583 g/mol. The number of nitrogens with one attached hydrogen (secondary N) is 1. The van der Waals surface area contributed by atoms with E-state index in [1.807, 2.05) is 55.5 Å². The predicted octanol–water partition coefficient (Wildman–Crippen LogP) is 7.67. The van der Waals surface area contributed by atoms with Gasteiger partial charge in [-0.3, -0.25) is 9.59 Å². The number of likely N-dealkylation sites (tertiary alicyclic amines) is 1. The van der Waals surface area contributed by atoms with Crippen LogP contribution in [0.5, 0.6) is 23.0 Å². The Morgan fingerprint density at radius 3 is 2.37 bits per heavy atom. The Labute approximate surface area is 268 Å². The van der Waals surface area contributed by atoms with Gasteiger partial charge in [0.2, 0.25) is 11.8 Å². The van der Waals surface area contributed by atoms with Gasteiger partial charge < -0.3 is 24.4 Å². The van der Waals surface area contributed by atoms with Gasteiger partial charge >= 0.3 is 0 Å². The smallest absolute Gasteiger partial charge is 0.250 e. The van der Waals surface area contributed by atoms with Crippen molar-refractivity contribution in [3.63, 3.8) is 0 Å². The van der Waals surface area contributed by atoms with E-state index in [0.717, 1.165) is 22.6 Å².